The van der Waals surface area contributed by atoms with Crippen LogP contribution in [0.3, 0.4) is 0 Å². The Kier molecular flexibility index (Phi) is 2.22. The van der Waals surface area contributed by atoms with E-state index in [0.717, 1.165) is 23.5 Å². The van der Waals surface area contributed by atoms with E-state index >= 15 is 0 Å². The second-order valence-corrected chi connectivity index (χ2v) is 6.37. The Labute approximate surface area is 103 Å². The topological polar surface area (TPSA) is 29.0 Å². The molecule has 2 atom stereocenters. The maximum Gasteiger partial charge on any atom is 0.133 e. The number of nitrogens with zero attached hydrogens (tertiary/aromatic N) is 3. The molecule has 1 aliphatic heterocycles. The summed E-state index contributed by atoms with van der Waals surface area (Å²) in [7, 11) is 0. The van der Waals surface area contributed by atoms with E-state index in [9.17, 15) is 0 Å². The average molecular weight is 231 g/mol. The van der Waals surface area contributed by atoms with Gasteiger partial charge in [-0.25, -0.2) is 9.97 Å². The fourth-order valence-corrected chi connectivity index (χ4v) is 3.14. The van der Waals surface area contributed by atoms with E-state index < -0.39 is 0 Å². The Bertz CT molecular complexity index is 425. The summed E-state index contributed by atoms with van der Waals surface area (Å²) in [5.41, 5.74) is 0.574. The minimum atomic E-state index is 0.406. The van der Waals surface area contributed by atoms with Crippen LogP contribution in [0.15, 0.2) is 12.3 Å². The Balaban J connectivity index is 1.77. The van der Waals surface area contributed by atoms with Crippen molar-refractivity contribution < 1.29 is 0 Å². The second-order valence-electron chi connectivity index (χ2n) is 6.37. The van der Waals surface area contributed by atoms with Crippen molar-refractivity contribution >= 4 is 5.82 Å². The summed E-state index contributed by atoms with van der Waals surface area (Å²) in [6.45, 7) is 11.4. The highest BCUT2D eigenvalue weighted by Crippen LogP contribution is 2.62. The summed E-state index contributed by atoms with van der Waals surface area (Å²) in [5, 5.41) is 0. The lowest BCUT2D eigenvalue weighted by Crippen LogP contribution is -2.27. The molecule has 1 saturated heterocycles. The highest BCUT2D eigenvalue weighted by Gasteiger charge is 2.62. The van der Waals surface area contributed by atoms with Gasteiger partial charge in [0, 0.05) is 25.2 Å². The molecule has 2 unspecified atom stereocenters. The van der Waals surface area contributed by atoms with Crippen molar-refractivity contribution in [2.45, 2.75) is 33.6 Å². The van der Waals surface area contributed by atoms with Crippen LogP contribution >= 0.6 is 0 Å². The molecule has 1 aromatic heterocycles. The fraction of sp³-hybridized carbons (Fsp3) is 0.714. The van der Waals surface area contributed by atoms with Crippen molar-refractivity contribution in [3.05, 3.63) is 18.1 Å². The number of anilines is 1. The van der Waals surface area contributed by atoms with Crippen LogP contribution in [0, 0.1) is 17.3 Å². The van der Waals surface area contributed by atoms with Crippen molar-refractivity contribution in [1.29, 1.82) is 0 Å². The molecule has 3 nitrogen and oxygen atoms in total. The average Bonchev–Trinajstić information content (AvgIpc) is 2.71. The molecule has 2 heterocycles. The third-order valence-electron chi connectivity index (χ3n) is 4.62. The van der Waals surface area contributed by atoms with Gasteiger partial charge in [-0.15, -0.1) is 0 Å². The Morgan fingerprint density at radius 2 is 1.94 bits per heavy atom. The molecule has 0 radical (unpaired) electrons. The van der Waals surface area contributed by atoms with Gasteiger partial charge in [-0.05, 0) is 23.3 Å². The van der Waals surface area contributed by atoms with Gasteiger partial charge in [0.25, 0.3) is 0 Å². The molecule has 2 aliphatic rings. The molecule has 1 aromatic rings. The smallest absolute Gasteiger partial charge is 0.133 e. The Hall–Kier alpha value is -1.12. The lowest BCUT2D eigenvalue weighted by atomic mass is 10.1. The van der Waals surface area contributed by atoms with Gasteiger partial charge in [0.05, 0.1) is 0 Å². The van der Waals surface area contributed by atoms with Crippen molar-refractivity contribution in [3.63, 3.8) is 0 Å². The van der Waals surface area contributed by atoms with Crippen LogP contribution in [0.5, 0.6) is 0 Å². The van der Waals surface area contributed by atoms with E-state index in [4.69, 9.17) is 0 Å². The van der Waals surface area contributed by atoms with E-state index in [1.165, 1.54) is 13.1 Å². The lowest BCUT2D eigenvalue weighted by Gasteiger charge is -2.23. The summed E-state index contributed by atoms with van der Waals surface area (Å²) < 4.78 is 0. The van der Waals surface area contributed by atoms with Gasteiger partial charge in [-0.2, -0.15) is 0 Å². The summed E-state index contributed by atoms with van der Waals surface area (Å²) in [4.78, 5) is 11.4. The highest BCUT2D eigenvalue weighted by molar-refractivity contribution is 5.42. The van der Waals surface area contributed by atoms with Crippen LogP contribution in [0.4, 0.5) is 5.82 Å². The molecule has 0 bridgehead atoms. The van der Waals surface area contributed by atoms with Crippen molar-refractivity contribution in [2.24, 2.45) is 17.3 Å². The molecule has 17 heavy (non-hydrogen) atoms. The standard InChI is InChI=1S/C14H21N3/c1-9(2)13-15-6-5-12(16-13)17-7-10-11(8-17)14(10,3)4/h5-6,9-11H,7-8H2,1-4H3. The number of fused-ring (bicyclic) bond motifs is 1. The first-order chi connectivity index (χ1) is 8.00. The van der Waals surface area contributed by atoms with Gasteiger partial charge in [0.1, 0.15) is 11.6 Å². The first-order valence-corrected chi connectivity index (χ1v) is 6.58. The monoisotopic (exact) mass is 231 g/mol. The van der Waals surface area contributed by atoms with E-state index in [1.807, 2.05) is 12.3 Å². The van der Waals surface area contributed by atoms with Crippen molar-refractivity contribution in [2.75, 3.05) is 18.0 Å². The van der Waals surface area contributed by atoms with Gasteiger partial charge in [0.2, 0.25) is 0 Å². The van der Waals surface area contributed by atoms with Crippen molar-refractivity contribution in [1.82, 2.24) is 9.97 Å². The molecule has 0 N–H and O–H groups in total. The van der Waals surface area contributed by atoms with Gasteiger partial charge >= 0.3 is 0 Å². The van der Waals surface area contributed by atoms with Crippen molar-refractivity contribution in [3.8, 4) is 0 Å². The Morgan fingerprint density at radius 3 is 2.53 bits per heavy atom. The molecule has 1 aliphatic carbocycles. The minimum absolute atomic E-state index is 0.406. The van der Waals surface area contributed by atoms with Gasteiger partial charge in [-0.1, -0.05) is 27.7 Å². The molecular formula is C14H21N3. The summed E-state index contributed by atoms with van der Waals surface area (Å²) in [5.74, 6) is 4.23. The molecule has 92 valence electrons. The van der Waals surface area contributed by atoms with Crippen LogP contribution in [0.25, 0.3) is 0 Å². The van der Waals surface area contributed by atoms with Crippen LogP contribution in [-0.4, -0.2) is 23.1 Å². The van der Waals surface area contributed by atoms with Crippen LogP contribution in [-0.2, 0) is 0 Å². The number of rotatable bonds is 2. The molecular weight excluding hydrogens is 210 g/mol. The van der Waals surface area contributed by atoms with Crippen LogP contribution in [0.1, 0.15) is 39.4 Å². The predicted octanol–water partition coefficient (Wildman–Crippen LogP) is 2.69. The largest absolute Gasteiger partial charge is 0.356 e. The van der Waals surface area contributed by atoms with E-state index in [0.29, 0.717) is 11.3 Å². The number of piperidine rings is 1. The van der Waals surface area contributed by atoms with E-state index in [2.05, 4.69) is 42.6 Å². The number of hydrogen-bond acceptors (Lipinski definition) is 3. The number of aromatic nitrogens is 2. The minimum Gasteiger partial charge on any atom is -0.356 e. The van der Waals surface area contributed by atoms with Gasteiger partial charge in [0.15, 0.2) is 0 Å². The van der Waals surface area contributed by atoms with E-state index in [1.54, 1.807) is 0 Å². The first kappa shape index (κ1) is 11.0. The van der Waals surface area contributed by atoms with Crippen LogP contribution < -0.4 is 4.90 Å². The zero-order chi connectivity index (χ0) is 12.2. The molecule has 3 heteroatoms. The quantitative estimate of drug-likeness (QED) is 0.783. The predicted molar refractivity (Wildman–Crippen MR) is 69.1 cm³/mol. The normalized spacial score (nSPS) is 29.6. The molecule has 2 fully saturated rings. The maximum atomic E-state index is 4.67. The maximum absolute atomic E-state index is 4.67. The first-order valence-electron chi connectivity index (χ1n) is 6.58. The molecule has 0 spiro atoms. The summed E-state index contributed by atoms with van der Waals surface area (Å²) in [6, 6.07) is 2.05. The molecule has 0 aromatic carbocycles. The summed E-state index contributed by atoms with van der Waals surface area (Å²) >= 11 is 0. The zero-order valence-electron chi connectivity index (χ0n) is 11.1. The van der Waals surface area contributed by atoms with Crippen LogP contribution in [0.2, 0.25) is 0 Å². The van der Waals surface area contributed by atoms with Gasteiger partial charge in [-0.3, -0.25) is 0 Å². The van der Waals surface area contributed by atoms with Gasteiger partial charge < -0.3 is 4.90 Å². The Morgan fingerprint density at radius 1 is 1.29 bits per heavy atom. The highest BCUT2D eigenvalue weighted by atomic mass is 15.2. The lowest BCUT2D eigenvalue weighted by molar-refractivity contribution is 0.498. The third-order valence-corrected chi connectivity index (χ3v) is 4.62. The number of hydrogen-bond donors (Lipinski definition) is 0. The molecule has 3 rings (SSSR count). The SMILES string of the molecule is CC(C)c1nccc(N2CC3C(C2)C3(C)C)n1. The zero-order valence-corrected chi connectivity index (χ0v) is 11.1. The van der Waals surface area contributed by atoms with E-state index in [-0.39, 0.29) is 0 Å². The summed E-state index contributed by atoms with van der Waals surface area (Å²) in [6.07, 6.45) is 1.90. The fourth-order valence-electron chi connectivity index (χ4n) is 3.14. The second kappa shape index (κ2) is 3.44. The molecule has 1 saturated carbocycles. The molecule has 0 amide bonds. The third kappa shape index (κ3) is 1.63.